The van der Waals surface area contributed by atoms with Crippen molar-refractivity contribution >= 4 is 17.2 Å². The van der Waals surface area contributed by atoms with E-state index in [4.69, 9.17) is 11.6 Å². The fraction of sp³-hybridized carbons (Fsp3) is 0.200. The van der Waals surface area contributed by atoms with Gasteiger partial charge in [0.2, 0.25) is 0 Å². The lowest BCUT2D eigenvalue weighted by Crippen LogP contribution is -1.84. The molecular formula is C20H19Cl. The molecule has 0 fully saturated rings. The van der Waals surface area contributed by atoms with Crippen LogP contribution >= 0.6 is 11.6 Å². The molecule has 21 heavy (non-hydrogen) atoms. The first-order chi connectivity index (χ1) is 10.2. The number of hydrogen-bond donors (Lipinski definition) is 0. The maximum absolute atomic E-state index is 6.23. The summed E-state index contributed by atoms with van der Waals surface area (Å²) in [4.78, 5) is 0. The largest absolute Gasteiger partial charge is 0.0836 e. The van der Waals surface area contributed by atoms with Crippen molar-refractivity contribution < 1.29 is 0 Å². The number of aryl methyl sites for hydroxylation is 1. The molecule has 0 bridgehead atoms. The summed E-state index contributed by atoms with van der Waals surface area (Å²) in [5.74, 6) is 6.43. The summed E-state index contributed by atoms with van der Waals surface area (Å²) in [7, 11) is 0. The highest BCUT2D eigenvalue weighted by molar-refractivity contribution is 6.32. The van der Waals surface area contributed by atoms with Gasteiger partial charge >= 0.3 is 0 Å². The summed E-state index contributed by atoms with van der Waals surface area (Å²) < 4.78 is 0. The zero-order chi connectivity index (χ0) is 15.1. The SMILES string of the molecule is CC=C(C#Cc1ccc(CCC)cc1)c1ccccc1Cl. The standard InChI is InChI=1S/C20H19Cl/c1-3-7-16-10-12-17(13-11-16)14-15-18(4-2)19-8-5-6-9-20(19)21/h4-6,8-13H,3,7H2,1-2H3. The molecule has 0 aliphatic rings. The van der Waals surface area contributed by atoms with Gasteiger partial charge < -0.3 is 0 Å². The van der Waals surface area contributed by atoms with Crippen molar-refractivity contribution in [2.75, 3.05) is 0 Å². The minimum absolute atomic E-state index is 0.734. The Kier molecular flexibility index (Phi) is 5.67. The van der Waals surface area contributed by atoms with Gasteiger partial charge in [-0.1, -0.05) is 73.2 Å². The van der Waals surface area contributed by atoms with E-state index < -0.39 is 0 Å². The van der Waals surface area contributed by atoms with Crippen molar-refractivity contribution in [1.29, 1.82) is 0 Å². The number of rotatable bonds is 3. The Hall–Kier alpha value is -1.97. The van der Waals surface area contributed by atoms with Crippen LogP contribution in [-0.4, -0.2) is 0 Å². The van der Waals surface area contributed by atoms with Crippen LogP contribution in [0.2, 0.25) is 5.02 Å². The van der Waals surface area contributed by atoms with Crippen LogP contribution in [0.3, 0.4) is 0 Å². The molecule has 0 aliphatic heterocycles. The first kappa shape index (κ1) is 15.4. The Morgan fingerprint density at radius 1 is 1.10 bits per heavy atom. The maximum atomic E-state index is 6.23. The van der Waals surface area contributed by atoms with Gasteiger partial charge in [0, 0.05) is 21.7 Å². The molecule has 106 valence electrons. The fourth-order valence-electron chi connectivity index (χ4n) is 2.16. The highest BCUT2D eigenvalue weighted by Crippen LogP contribution is 2.23. The van der Waals surface area contributed by atoms with E-state index in [0.29, 0.717) is 0 Å². The summed E-state index contributed by atoms with van der Waals surface area (Å²) >= 11 is 6.23. The van der Waals surface area contributed by atoms with E-state index in [-0.39, 0.29) is 0 Å². The third-order valence-electron chi connectivity index (χ3n) is 3.29. The maximum Gasteiger partial charge on any atom is 0.0490 e. The second kappa shape index (κ2) is 7.72. The van der Waals surface area contributed by atoms with Crippen molar-refractivity contribution in [3.05, 3.63) is 76.3 Å². The van der Waals surface area contributed by atoms with Crippen molar-refractivity contribution in [3.63, 3.8) is 0 Å². The minimum atomic E-state index is 0.734. The van der Waals surface area contributed by atoms with Crippen LogP contribution in [0, 0.1) is 11.8 Å². The first-order valence-electron chi connectivity index (χ1n) is 7.26. The van der Waals surface area contributed by atoms with E-state index in [2.05, 4.69) is 43.0 Å². The minimum Gasteiger partial charge on any atom is -0.0836 e. The Labute approximate surface area is 132 Å². The molecule has 0 unspecified atom stereocenters. The monoisotopic (exact) mass is 294 g/mol. The Balaban J connectivity index is 2.22. The lowest BCUT2D eigenvalue weighted by molar-refractivity contribution is 0.922. The molecule has 0 aliphatic carbocycles. The lowest BCUT2D eigenvalue weighted by atomic mass is 10.0. The molecular weight excluding hydrogens is 276 g/mol. The highest BCUT2D eigenvalue weighted by Gasteiger charge is 2.01. The zero-order valence-electron chi connectivity index (χ0n) is 12.5. The third kappa shape index (κ3) is 4.25. The molecule has 2 aromatic rings. The topological polar surface area (TPSA) is 0 Å². The van der Waals surface area contributed by atoms with E-state index in [9.17, 15) is 0 Å². The molecule has 0 saturated carbocycles. The van der Waals surface area contributed by atoms with Crippen LogP contribution < -0.4 is 0 Å². The molecule has 0 N–H and O–H groups in total. The Morgan fingerprint density at radius 3 is 2.43 bits per heavy atom. The van der Waals surface area contributed by atoms with Crippen LogP contribution in [0.5, 0.6) is 0 Å². The molecule has 0 saturated heterocycles. The number of benzene rings is 2. The molecule has 0 atom stereocenters. The number of hydrogen-bond acceptors (Lipinski definition) is 0. The van der Waals surface area contributed by atoms with Gasteiger partial charge in [0.25, 0.3) is 0 Å². The fourth-order valence-corrected chi connectivity index (χ4v) is 2.40. The predicted octanol–water partition coefficient (Wildman–Crippen LogP) is 5.75. The quantitative estimate of drug-likeness (QED) is 0.633. The number of halogens is 1. The Bertz CT molecular complexity index is 682. The average molecular weight is 295 g/mol. The molecule has 2 aromatic carbocycles. The van der Waals surface area contributed by atoms with Crippen LogP contribution in [-0.2, 0) is 6.42 Å². The summed E-state index contributed by atoms with van der Waals surface area (Å²) in [6.07, 6.45) is 4.29. The van der Waals surface area contributed by atoms with E-state index >= 15 is 0 Å². The van der Waals surface area contributed by atoms with Gasteiger partial charge in [0.1, 0.15) is 0 Å². The average Bonchev–Trinajstić information content (AvgIpc) is 2.51. The third-order valence-corrected chi connectivity index (χ3v) is 3.62. The second-order valence-corrected chi connectivity index (χ2v) is 5.29. The van der Waals surface area contributed by atoms with Crippen LogP contribution in [0.1, 0.15) is 37.0 Å². The van der Waals surface area contributed by atoms with Gasteiger partial charge in [0.05, 0.1) is 0 Å². The van der Waals surface area contributed by atoms with Gasteiger partial charge in [-0.05, 0) is 37.1 Å². The van der Waals surface area contributed by atoms with Crippen LogP contribution in [0.4, 0.5) is 0 Å². The first-order valence-corrected chi connectivity index (χ1v) is 7.64. The van der Waals surface area contributed by atoms with E-state index in [0.717, 1.165) is 28.1 Å². The van der Waals surface area contributed by atoms with Gasteiger partial charge in [-0.3, -0.25) is 0 Å². The second-order valence-electron chi connectivity index (χ2n) is 4.88. The Morgan fingerprint density at radius 2 is 1.81 bits per heavy atom. The predicted molar refractivity (Wildman–Crippen MR) is 92.4 cm³/mol. The van der Waals surface area contributed by atoms with Crippen molar-refractivity contribution in [3.8, 4) is 11.8 Å². The number of allylic oxidation sites excluding steroid dienone is 2. The molecule has 1 heteroatoms. The molecule has 0 heterocycles. The van der Waals surface area contributed by atoms with E-state index in [1.54, 1.807) is 0 Å². The van der Waals surface area contributed by atoms with Crippen molar-refractivity contribution in [2.45, 2.75) is 26.7 Å². The van der Waals surface area contributed by atoms with E-state index in [1.807, 2.05) is 37.3 Å². The van der Waals surface area contributed by atoms with Gasteiger partial charge in [-0.25, -0.2) is 0 Å². The van der Waals surface area contributed by atoms with Crippen molar-refractivity contribution in [1.82, 2.24) is 0 Å². The van der Waals surface area contributed by atoms with Gasteiger partial charge in [0.15, 0.2) is 0 Å². The molecule has 0 spiro atoms. The van der Waals surface area contributed by atoms with Crippen LogP contribution in [0.25, 0.3) is 5.57 Å². The van der Waals surface area contributed by atoms with Crippen LogP contribution in [0.15, 0.2) is 54.6 Å². The molecule has 0 nitrogen and oxygen atoms in total. The zero-order valence-corrected chi connectivity index (χ0v) is 13.2. The smallest absolute Gasteiger partial charge is 0.0490 e. The van der Waals surface area contributed by atoms with Crippen molar-refractivity contribution in [2.24, 2.45) is 0 Å². The molecule has 0 aromatic heterocycles. The molecule has 0 radical (unpaired) electrons. The lowest BCUT2D eigenvalue weighted by Gasteiger charge is -2.02. The summed E-state index contributed by atoms with van der Waals surface area (Å²) in [5.41, 5.74) is 4.33. The van der Waals surface area contributed by atoms with E-state index in [1.165, 1.54) is 12.0 Å². The van der Waals surface area contributed by atoms with Gasteiger partial charge in [-0.15, -0.1) is 0 Å². The van der Waals surface area contributed by atoms with Gasteiger partial charge in [-0.2, -0.15) is 0 Å². The molecule has 2 rings (SSSR count). The summed E-state index contributed by atoms with van der Waals surface area (Å²) in [5, 5.41) is 0.734. The highest BCUT2D eigenvalue weighted by atomic mass is 35.5. The summed E-state index contributed by atoms with van der Waals surface area (Å²) in [6, 6.07) is 16.3. The summed E-state index contributed by atoms with van der Waals surface area (Å²) in [6.45, 7) is 4.17. The normalized spacial score (nSPS) is 10.9. The molecule has 0 amide bonds.